The Morgan fingerprint density at radius 2 is 1.08 bits per heavy atom. The Hall–Kier alpha value is -0.0800. The molecule has 0 radical (unpaired) electrons. The van der Waals surface area contributed by atoms with E-state index in [-0.39, 0.29) is 0 Å². The second-order valence-electron chi connectivity index (χ2n) is 9.41. The molecule has 1 heterocycles. The molecule has 0 N–H and O–H groups in total. The van der Waals surface area contributed by atoms with Gasteiger partial charge in [0.25, 0.3) is 0 Å². The van der Waals surface area contributed by atoms with E-state index >= 15 is 0 Å². The van der Waals surface area contributed by atoms with Crippen LogP contribution in [0, 0.1) is 35.5 Å². The van der Waals surface area contributed by atoms with Crippen LogP contribution in [0.15, 0.2) is 0 Å². The van der Waals surface area contributed by atoms with Crippen molar-refractivity contribution >= 4 is 0 Å². The lowest BCUT2D eigenvalue weighted by Crippen LogP contribution is -2.54. The van der Waals surface area contributed by atoms with Crippen molar-refractivity contribution < 1.29 is 9.78 Å². The largest absolute Gasteiger partial charge is 0.232 e. The van der Waals surface area contributed by atoms with E-state index in [2.05, 4.69) is 27.7 Å². The Morgan fingerprint density at radius 1 is 0.667 bits per heavy atom. The van der Waals surface area contributed by atoms with Crippen LogP contribution in [0.25, 0.3) is 0 Å². The van der Waals surface area contributed by atoms with E-state index in [0.29, 0.717) is 12.2 Å². The molecule has 2 nitrogen and oxygen atoms in total. The van der Waals surface area contributed by atoms with Crippen molar-refractivity contribution in [1.29, 1.82) is 0 Å². The Labute approximate surface area is 150 Å². The van der Waals surface area contributed by atoms with Gasteiger partial charge in [0.2, 0.25) is 0 Å². The maximum Gasteiger partial charge on any atom is 0.0989 e. The molecule has 8 unspecified atom stereocenters. The fourth-order valence-electron chi connectivity index (χ4n) is 6.15. The SMILES string of the molecule is CCCCC1CC(C)CC2C3CC(C)CC(CCCC)C3OOC12. The summed E-state index contributed by atoms with van der Waals surface area (Å²) >= 11 is 0. The van der Waals surface area contributed by atoms with Crippen LogP contribution in [0.1, 0.15) is 91.9 Å². The van der Waals surface area contributed by atoms with Crippen LogP contribution in [0.5, 0.6) is 0 Å². The molecule has 2 saturated carbocycles. The fourth-order valence-corrected chi connectivity index (χ4v) is 6.15. The summed E-state index contributed by atoms with van der Waals surface area (Å²) in [5.74, 6) is 4.68. The normalized spacial score (nSPS) is 45.5. The highest BCUT2D eigenvalue weighted by Gasteiger charge is 2.51. The Bertz CT molecular complexity index is 346. The first-order valence-corrected chi connectivity index (χ1v) is 11.0. The van der Waals surface area contributed by atoms with Gasteiger partial charge in [0.1, 0.15) is 0 Å². The zero-order valence-corrected chi connectivity index (χ0v) is 16.5. The minimum Gasteiger partial charge on any atom is -0.232 e. The van der Waals surface area contributed by atoms with Crippen LogP contribution < -0.4 is 0 Å². The molecule has 1 aliphatic heterocycles. The molecule has 0 aromatic heterocycles. The van der Waals surface area contributed by atoms with Crippen molar-refractivity contribution in [2.45, 2.75) is 104 Å². The number of hydrogen-bond acceptors (Lipinski definition) is 2. The fraction of sp³-hybridized carbons (Fsp3) is 1.00. The van der Waals surface area contributed by atoms with Crippen LogP contribution in [0.3, 0.4) is 0 Å². The smallest absolute Gasteiger partial charge is 0.0989 e. The third kappa shape index (κ3) is 4.01. The second kappa shape index (κ2) is 8.54. The molecule has 3 aliphatic rings. The van der Waals surface area contributed by atoms with Crippen LogP contribution in [0.2, 0.25) is 0 Å². The minimum atomic E-state index is 0.381. The summed E-state index contributed by atoms with van der Waals surface area (Å²) in [6.07, 6.45) is 14.1. The van der Waals surface area contributed by atoms with E-state index in [1.807, 2.05) is 0 Å². The highest BCUT2D eigenvalue weighted by Crippen LogP contribution is 2.51. The predicted molar refractivity (Wildman–Crippen MR) is 99.6 cm³/mol. The molecule has 0 aromatic carbocycles. The van der Waals surface area contributed by atoms with Crippen molar-refractivity contribution in [3.05, 3.63) is 0 Å². The molecule has 2 heteroatoms. The van der Waals surface area contributed by atoms with Crippen molar-refractivity contribution in [1.82, 2.24) is 0 Å². The molecule has 140 valence electrons. The summed E-state index contributed by atoms with van der Waals surface area (Å²) in [6, 6.07) is 0. The summed E-state index contributed by atoms with van der Waals surface area (Å²) in [5, 5.41) is 0. The van der Waals surface area contributed by atoms with Crippen LogP contribution >= 0.6 is 0 Å². The minimum absolute atomic E-state index is 0.381. The van der Waals surface area contributed by atoms with Gasteiger partial charge >= 0.3 is 0 Å². The lowest BCUT2D eigenvalue weighted by atomic mass is 9.60. The summed E-state index contributed by atoms with van der Waals surface area (Å²) in [7, 11) is 0. The topological polar surface area (TPSA) is 18.5 Å². The zero-order chi connectivity index (χ0) is 17.1. The van der Waals surface area contributed by atoms with Gasteiger partial charge in [0, 0.05) is 0 Å². The number of hydrogen-bond donors (Lipinski definition) is 0. The van der Waals surface area contributed by atoms with E-state index < -0.39 is 0 Å². The van der Waals surface area contributed by atoms with Gasteiger partial charge in [-0.25, -0.2) is 9.78 Å². The lowest BCUT2D eigenvalue weighted by molar-refractivity contribution is -0.428. The van der Waals surface area contributed by atoms with Gasteiger partial charge in [-0.3, -0.25) is 0 Å². The molecule has 0 aromatic rings. The Kier molecular flexibility index (Phi) is 6.65. The first-order valence-electron chi connectivity index (χ1n) is 11.0. The van der Waals surface area contributed by atoms with E-state index in [4.69, 9.17) is 9.78 Å². The maximum absolute atomic E-state index is 6.15. The molecule has 2 aliphatic carbocycles. The van der Waals surface area contributed by atoms with E-state index in [0.717, 1.165) is 35.5 Å². The Balaban J connectivity index is 1.72. The summed E-state index contributed by atoms with van der Waals surface area (Å²) in [6.45, 7) is 9.55. The second-order valence-corrected chi connectivity index (χ2v) is 9.41. The molecule has 1 saturated heterocycles. The molecule has 0 amide bonds. The molecule has 24 heavy (non-hydrogen) atoms. The highest BCUT2D eigenvalue weighted by molar-refractivity contribution is 4.97. The average Bonchev–Trinajstić information content (AvgIpc) is 2.57. The third-order valence-corrected chi connectivity index (χ3v) is 7.22. The van der Waals surface area contributed by atoms with Crippen LogP contribution in [-0.4, -0.2) is 12.2 Å². The van der Waals surface area contributed by atoms with Crippen molar-refractivity contribution in [3.63, 3.8) is 0 Å². The molecular weight excluding hydrogens is 296 g/mol. The monoisotopic (exact) mass is 336 g/mol. The number of unbranched alkanes of at least 4 members (excludes halogenated alkanes) is 2. The van der Waals surface area contributed by atoms with E-state index in [1.165, 1.54) is 64.2 Å². The number of rotatable bonds is 6. The lowest BCUT2D eigenvalue weighted by Gasteiger charge is -2.53. The summed E-state index contributed by atoms with van der Waals surface area (Å²) in [5.41, 5.74) is 0. The van der Waals surface area contributed by atoms with Gasteiger partial charge in [-0.1, -0.05) is 53.4 Å². The highest BCUT2D eigenvalue weighted by atomic mass is 17.2. The number of fused-ring (bicyclic) bond motifs is 3. The van der Waals surface area contributed by atoms with Gasteiger partial charge in [0.05, 0.1) is 12.2 Å². The first kappa shape index (κ1) is 18.7. The van der Waals surface area contributed by atoms with Gasteiger partial charge < -0.3 is 0 Å². The average molecular weight is 337 g/mol. The quantitative estimate of drug-likeness (QED) is 0.523. The summed E-state index contributed by atoms with van der Waals surface area (Å²) in [4.78, 5) is 12.3. The standard InChI is InChI=1S/C22H40O2/c1-5-7-9-17-11-15(3)13-19-20-14-16(4)12-18(10-8-6-2)22(20)24-23-21(17)19/h15-22H,5-14H2,1-4H3. The third-order valence-electron chi connectivity index (χ3n) is 7.22. The maximum atomic E-state index is 6.15. The molecule has 3 fully saturated rings. The van der Waals surface area contributed by atoms with Crippen LogP contribution in [-0.2, 0) is 9.78 Å². The molecule has 3 rings (SSSR count). The van der Waals surface area contributed by atoms with Gasteiger partial charge in [-0.05, 0) is 74.0 Å². The van der Waals surface area contributed by atoms with E-state index in [1.54, 1.807) is 0 Å². The first-order chi connectivity index (χ1) is 11.6. The van der Waals surface area contributed by atoms with Gasteiger partial charge in [-0.2, -0.15) is 0 Å². The van der Waals surface area contributed by atoms with E-state index in [9.17, 15) is 0 Å². The molecule has 8 atom stereocenters. The predicted octanol–water partition coefficient (Wildman–Crippen LogP) is 6.39. The van der Waals surface area contributed by atoms with Gasteiger partial charge in [-0.15, -0.1) is 0 Å². The van der Waals surface area contributed by atoms with Gasteiger partial charge in [0.15, 0.2) is 0 Å². The molecule has 0 bridgehead atoms. The molecule has 0 spiro atoms. The zero-order valence-electron chi connectivity index (χ0n) is 16.5. The summed E-state index contributed by atoms with van der Waals surface area (Å²) < 4.78 is 0. The van der Waals surface area contributed by atoms with Crippen molar-refractivity contribution in [2.75, 3.05) is 0 Å². The molecular formula is C22H40O2. The van der Waals surface area contributed by atoms with Crippen molar-refractivity contribution in [3.8, 4) is 0 Å². The van der Waals surface area contributed by atoms with Crippen LogP contribution in [0.4, 0.5) is 0 Å². The Morgan fingerprint density at radius 3 is 1.46 bits per heavy atom. The van der Waals surface area contributed by atoms with Crippen molar-refractivity contribution in [2.24, 2.45) is 35.5 Å².